The highest BCUT2D eigenvalue weighted by atomic mass is 35.5. The van der Waals surface area contributed by atoms with Crippen LogP contribution in [0.25, 0.3) is 33.2 Å². The standard InChI is InChI=1S/C41H49ClN6O6S/c1-40(2,3)54-35(39(49)50)32-34(47-18-14-41(4,5)15-19-47)31(29(46-37(32)42)22-43-16-20-55(6,51)52)26-11-12-27-23-48(17-13-25(27)21-26)38-36-33(44-24-45-38)28-9-7-8-10-30(28)53-36/h7-12,21,24,35,43H,13-20,22-23H2,1-6H3,(H,49,50)/t35-/m0/s1. The van der Waals surface area contributed by atoms with Gasteiger partial charge in [-0.1, -0.05) is 55.8 Å². The zero-order valence-electron chi connectivity index (χ0n) is 32.3. The molecule has 2 N–H and O–H groups in total. The monoisotopic (exact) mass is 788 g/mol. The number of nitrogens with zero attached hydrogens (tertiary/aromatic N) is 5. The number of carbonyl (C=O) groups is 1. The summed E-state index contributed by atoms with van der Waals surface area (Å²) in [5, 5.41) is 14.9. The zero-order chi connectivity index (χ0) is 39.3. The van der Waals surface area contributed by atoms with E-state index in [4.69, 9.17) is 25.7 Å². The van der Waals surface area contributed by atoms with Gasteiger partial charge in [-0.05, 0) is 74.3 Å². The van der Waals surface area contributed by atoms with E-state index < -0.39 is 27.5 Å². The van der Waals surface area contributed by atoms with Crippen LogP contribution in [0.4, 0.5) is 11.5 Å². The highest BCUT2D eigenvalue weighted by molar-refractivity contribution is 7.90. The highest BCUT2D eigenvalue weighted by Crippen LogP contribution is 2.47. The minimum Gasteiger partial charge on any atom is -0.479 e. The third-order valence-electron chi connectivity index (χ3n) is 10.5. The van der Waals surface area contributed by atoms with Crippen molar-refractivity contribution in [2.75, 3.05) is 48.0 Å². The zero-order valence-corrected chi connectivity index (χ0v) is 33.9. The van der Waals surface area contributed by atoms with Gasteiger partial charge in [-0.15, -0.1) is 0 Å². The maximum Gasteiger partial charge on any atom is 0.337 e. The van der Waals surface area contributed by atoms with Gasteiger partial charge in [-0.2, -0.15) is 0 Å². The third-order valence-corrected chi connectivity index (χ3v) is 11.7. The molecule has 12 nitrogen and oxygen atoms in total. The number of carboxylic acid groups (broad SMARTS) is 1. The molecule has 2 aliphatic rings. The van der Waals surface area contributed by atoms with E-state index in [0.717, 1.165) is 63.8 Å². The molecule has 14 heteroatoms. The van der Waals surface area contributed by atoms with Crippen molar-refractivity contribution in [2.45, 2.75) is 78.7 Å². The lowest BCUT2D eigenvalue weighted by molar-refractivity contribution is -0.160. The van der Waals surface area contributed by atoms with Crippen molar-refractivity contribution in [1.82, 2.24) is 20.3 Å². The summed E-state index contributed by atoms with van der Waals surface area (Å²) in [4.78, 5) is 31.6. The molecule has 292 valence electrons. The Morgan fingerprint density at radius 2 is 1.82 bits per heavy atom. The Balaban J connectivity index is 1.34. The second kappa shape index (κ2) is 15.0. The van der Waals surface area contributed by atoms with Crippen LogP contribution >= 0.6 is 11.6 Å². The van der Waals surface area contributed by atoms with Crippen molar-refractivity contribution in [1.29, 1.82) is 0 Å². The van der Waals surface area contributed by atoms with Gasteiger partial charge >= 0.3 is 5.97 Å². The predicted octanol–water partition coefficient (Wildman–Crippen LogP) is 7.36. The number of piperidine rings is 1. The van der Waals surface area contributed by atoms with Crippen LogP contribution in [-0.4, -0.2) is 78.2 Å². The van der Waals surface area contributed by atoms with E-state index in [1.54, 1.807) is 6.33 Å². The number of pyridine rings is 1. The SMILES string of the molecule is CC1(C)CCN(c2c(-c3ccc4c(c3)CCN(c3ncnc5c3oc3ccccc35)C4)c(CNCCS(C)(=O)=O)nc(Cl)c2[C@H](OC(C)(C)C)C(=O)O)CC1. The summed E-state index contributed by atoms with van der Waals surface area (Å²) >= 11 is 7.05. The van der Waals surface area contributed by atoms with E-state index in [1.807, 2.05) is 45.0 Å². The van der Waals surface area contributed by atoms with Crippen LogP contribution in [0.1, 0.15) is 75.9 Å². The van der Waals surface area contributed by atoms with Gasteiger partial charge < -0.3 is 29.4 Å². The van der Waals surface area contributed by atoms with Gasteiger partial charge in [0.2, 0.25) is 0 Å². The fourth-order valence-corrected chi connectivity index (χ4v) is 8.41. The highest BCUT2D eigenvalue weighted by Gasteiger charge is 2.38. The molecule has 55 heavy (non-hydrogen) atoms. The largest absolute Gasteiger partial charge is 0.479 e. The van der Waals surface area contributed by atoms with E-state index in [-0.39, 0.29) is 29.4 Å². The fourth-order valence-electron chi connectivity index (χ4n) is 7.61. The van der Waals surface area contributed by atoms with Crippen molar-refractivity contribution in [3.05, 3.63) is 76.3 Å². The Bertz CT molecular complexity index is 2360. The summed E-state index contributed by atoms with van der Waals surface area (Å²) in [5.74, 6) is -0.445. The third kappa shape index (κ3) is 8.45. The first-order chi connectivity index (χ1) is 26.0. The lowest BCUT2D eigenvalue weighted by Crippen LogP contribution is -2.39. The first kappa shape index (κ1) is 39.0. The van der Waals surface area contributed by atoms with Gasteiger partial charge in [0.1, 0.15) is 32.4 Å². The molecule has 1 saturated heterocycles. The van der Waals surface area contributed by atoms with Gasteiger partial charge in [-0.3, -0.25) is 0 Å². The molecule has 1 fully saturated rings. The Morgan fingerprint density at radius 3 is 2.53 bits per heavy atom. The molecule has 1 atom stereocenters. The van der Waals surface area contributed by atoms with Crippen LogP contribution < -0.4 is 15.1 Å². The lowest BCUT2D eigenvalue weighted by Gasteiger charge is -2.41. The van der Waals surface area contributed by atoms with Crippen LogP contribution in [-0.2, 0) is 38.9 Å². The van der Waals surface area contributed by atoms with Crippen LogP contribution in [0.3, 0.4) is 0 Å². The van der Waals surface area contributed by atoms with Crippen molar-refractivity contribution in [3.63, 3.8) is 0 Å². The number of benzene rings is 2. The minimum atomic E-state index is -3.20. The number of ether oxygens (including phenoxy) is 1. The molecule has 7 rings (SSSR count). The number of furan rings is 1. The summed E-state index contributed by atoms with van der Waals surface area (Å²) in [6, 6.07) is 14.2. The van der Waals surface area contributed by atoms with E-state index in [9.17, 15) is 18.3 Å². The number of fused-ring (bicyclic) bond motifs is 4. The molecular weight excluding hydrogens is 740 g/mol. The second-order valence-electron chi connectivity index (χ2n) is 16.5. The van der Waals surface area contributed by atoms with Crippen molar-refractivity contribution in [3.8, 4) is 11.1 Å². The van der Waals surface area contributed by atoms with Gasteiger partial charge in [-0.25, -0.2) is 28.2 Å². The van der Waals surface area contributed by atoms with Gasteiger partial charge in [0.15, 0.2) is 17.5 Å². The number of carboxylic acids is 1. The Morgan fingerprint density at radius 1 is 1.07 bits per heavy atom. The lowest BCUT2D eigenvalue weighted by atomic mass is 9.82. The fraction of sp³-hybridized carbons (Fsp3) is 0.463. The first-order valence-corrected chi connectivity index (χ1v) is 21.2. The number of aliphatic carboxylic acids is 1. The van der Waals surface area contributed by atoms with Crippen LogP contribution in [0.5, 0.6) is 0 Å². The Kier molecular flexibility index (Phi) is 10.6. The maximum absolute atomic E-state index is 13.1. The van der Waals surface area contributed by atoms with Gasteiger partial charge in [0, 0.05) is 56.5 Å². The quantitative estimate of drug-likeness (QED) is 0.102. The molecule has 2 aromatic carbocycles. The summed E-state index contributed by atoms with van der Waals surface area (Å²) in [5.41, 5.74) is 7.08. The topological polar surface area (TPSA) is 151 Å². The van der Waals surface area contributed by atoms with E-state index >= 15 is 0 Å². The first-order valence-electron chi connectivity index (χ1n) is 18.7. The smallest absolute Gasteiger partial charge is 0.337 e. The normalized spacial score (nSPS) is 16.8. The summed E-state index contributed by atoms with van der Waals surface area (Å²) in [7, 11) is -3.20. The number of halogens is 1. The number of hydrogen-bond donors (Lipinski definition) is 2. The number of aromatic nitrogens is 3. The number of anilines is 2. The Hall–Kier alpha value is -4.30. The van der Waals surface area contributed by atoms with Crippen molar-refractivity contribution >= 4 is 61.0 Å². The van der Waals surface area contributed by atoms with Crippen molar-refractivity contribution < 1.29 is 27.5 Å². The van der Waals surface area contributed by atoms with Crippen LogP contribution in [0.15, 0.2) is 53.2 Å². The van der Waals surface area contributed by atoms with Crippen LogP contribution in [0.2, 0.25) is 5.15 Å². The minimum absolute atomic E-state index is 0.0370. The number of sulfone groups is 1. The van der Waals surface area contributed by atoms with E-state index in [2.05, 4.69) is 57.1 Å². The average molecular weight is 789 g/mol. The number of rotatable bonds is 11. The molecule has 5 aromatic rings. The summed E-state index contributed by atoms with van der Waals surface area (Å²) in [6.45, 7) is 13.1. The number of nitrogens with one attached hydrogen (secondary N) is 1. The molecule has 0 bridgehead atoms. The molecule has 0 amide bonds. The molecule has 0 spiro atoms. The van der Waals surface area contributed by atoms with E-state index in [0.29, 0.717) is 48.7 Å². The molecule has 0 unspecified atom stereocenters. The maximum atomic E-state index is 13.1. The predicted molar refractivity (Wildman–Crippen MR) is 217 cm³/mol. The summed E-state index contributed by atoms with van der Waals surface area (Å²) < 4.78 is 36.5. The molecule has 0 aliphatic carbocycles. The van der Waals surface area contributed by atoms with Crippen molar-refractivity contribution in [2.24, 2.45) is 5.41 Å². The van der Waals surface area contributed by atoms with Gasteiger partial charge in [0.25, 0.3) is 0 Å². The molecule has 5 heterocycles. The molecule has 0 saturated carbocycles. The summed E-state index contributed by atoms with van der Waals surface area (Å²) in [6.07, 6.45) is 3.93. The van der Waals surface area contributed by atoms with Crippen LogP contribution in [0, 0.1) is 5.41 Å². The second-order valence-corrected chi connectivity index (χ2v) is 19.1. The number of hydrogen-bond acceptors (Lipinski definition) is 11. The number of para-hydroxylation sites is 1. The van der Waals surface area contributed by atoms with E-state index in [1.165, 1.54) is 6.26 Å². The molecular formula is C41H49ClN6O6S. The molecule has 0 radical (unpaired) electrons. The molecule has 2 aliphatic heterocycles. The Labute approximate surface area is 327 Å². The molecule has 3 aromatic heterocycles. The average Bonchev–Trinajstić information content (AvgIpc) is 3.50. The van der Waals surface area contributed by atoms with Gasteiger partial charge in [0.05, 0.1) is 28.3 Å².